The molecule has 2 radical (unpaired) electrons. The smallest absolute Gasteiger partial charge is 0.395 e. The second kappa shape index (κ2) is 8.18. The van der Waals surface area contributed by atoms with Crippen molar-refractivity contribution >= 4 is 35.4 Å². The number of ether oxygens (including phenoxy) is 3. The maximum atomic E-state index is 11.3. The Morgan fingerprint density at radius 3 is 1.40 bits per heavy atom. The van der Waals surface area contributed by atoms with Crippen LogP contribution >= 0.6 is 0 Å². The van der Waals surface area contributed by atoms with Crippen LogP contribution in [-0.4, -0.2) is 35.4 Å². The van der Waals surface area contributed by atoms with E-state index < -0.39 is 12.3 Å². The van der Waals surface area contributed by atoms with Gasteiger partial charge >= 0.3 is 12.3 Å². The highest BCUT2D eigenvalue weighted by Crippen LogP contribution is 2.11. The summed E-state index contributed by atoms with van der Waals surface area (Å²) in [5, 5.41) is 0. The fraction of sp³-hybridized carbons (Fsp3) is 0. The van der Waals surface area contributed by atoms with Crippen molar-refractivity contribution in [2.45, 2.75) is 0 Å². The molecule has 0 atom stereocenters. The van der Waals surface area contributed by atoms with Gasteiger partial charge in [0.2, 0.25) is 0 Å². The maximum absolute atomic E-state index is 11.3. The second-order valence-corrected chi connectivity index (χ2v) is 3.43. The van der Waals surface area contributed by atoms with Crippen molar-refractivity contribution in [1.29, 1.82) is 0 Å². The van der Waals surface area contributed by atoms with Crippen LogP contribution in [0.1, 0.15) is 2.85 Å². The van der Waals surface area contributed by atoms with Gasteiger partial charge in [-0.15, -0.1) is 0 Å². The van der Waals surface area contributed by atoms with Crippen LogP contribution in [0.2, 0.25) is 0 Å². The first-order chi connectivity index (χ1) is 9.24. The lowest BCUT2D eigenvalue weighted by Gasteiger charge is -2.04. The van der Waals surface area contributed by atoms with E-state index in [-0.39, 0.29) is 37.4 Å². The van der Waals surface area contributed by atoms with Gasteiger partial charge in [0, 0.05) is 25.9 Å². The molecular weight excluding hydrogens is 272 g/mol. The molecule has 0 bridgehead atoms. The minimum Gasteiger partial charge on any atom is -0.395 e. The summed E-state index contributed by atoms with van der Waals surface area (Å²) in [6.07, 6.45) is -2.29. The minimum absolute atomic E-state index is 0. The molecule has 0 saturated heterocycles. The Labute approximate surface area is 134 Å². The number of hydrogen-bond donors (Lipinski definition) is 0. The minimum atomic E-state index is -1.15. The third-order valence-electron chi connectivity index (χ3n) is 2.06. The predicted molar refractivity (Wildman–Crippen MR) is 76.0 cm³/mol. The van der Waals surface area contributed by atoms with E-state index in [4.69, 9.17) is 9.47 Å². The summed E-state index contributed by atoms with van der Waals surface area (Å²) in [6.45, 7) is 0. The quantitative estimate of drug-likeness (QED) is 0.366. The zero-order valence-electron chi connectivity index (χ0n) is 10.5. The molecule has 102 valence electrons. The standard InChI is InChI=1S/C14H10O5.Mg.2H2/c15-13(17-11-7-3-1-4-8-11)19-14(16)18-12-9-5-2-6-10-12;;;/h1-10H;;2*1H. The molecule has 20 heavy (non-hydrogen) atoms. The summed E-state index contributed by atoms with van der Waals surface area (Å²) >= 11 is 0. The van der Waals surface area contributed by atoms with Crippen molar-refractivity contribution in [1.82, 2.24) is 0 Å². The molecule has 0 aliphatic carbocycles. The van der Waals surface area contributed by atoms with E-state index in [2.05, 4.69) is 4.74 Å². The molecule has 0 aliphatic heterocycles. The first-order valence-corrected chi connectivity index (χ1v) is 5.45. The molecule has 0 amide bonds. The van der Waals surface area contributed by atoms with E-state index in [1.165, 1.54) is 0 Å². The van der Waals surface area contributed by atoms with E-state index in [0.29, 0.717) is 0 Å². The summed E-state index contributed by atoms with van der Waals surface area (Å²) in [4.78, 5) is 22.5. The molecule has 2 rings (SSSR count). The Morgan fingerprint density at radius 1 is 0.700 bits per heavy atom. The molecule has 0 unspecified atom stereocenters. The van der Waals surface area contributed by atoms with Gasteiger partial charge in [0.1, 0.15) is 11.5 Å². The van der Waals surface area contributed by atoms with Gasteiger partial charge in [-0.2, -0.15) is 0 Å². The molecule has 2 aromatic rings. The second-order valence-electron chi connectivity index (χ2n) is 3.43. The molecule has 6 heteroatoms. The third-order valence-corrected chi connectivity index (χ3v) is 2.06. The van der Waals surface area contributed by atoms with E-state index in [0.717, 1.165) is 0 Å². The van der Waals surface area contributed by atoms with Crippen LogP contribution in [0.4, 0.5) is 9.59 Å². The molecule has 2 aromatic carbocycles. The lowest BCUT2D eigenvalue weighted by atomic mass is 10.3. The van der Waals surface area contributed by atoms with Gasteiger partial charge in [0.05, 0.1) is 0 Å². The van der Waals surface area contributed by atoms with Crippen molar-refractivity contribution in [3.63, 3.8) is 0 Å². The highest BCUT2D eigenvalue weighted by atomic mass is 24.3. The summed E-state index contributed by atoms with van der Waals surface area (Å²) in [5.74, 6) is 0.556. The predicted octanol–water partition coefficient (Wildman–Crippen LogP) is 3.51. The number of hydrogen-bond acceptors (Lipinski definition) is 5. The van der Waals surface area contributed by atoms with Gasteiger partial charge in [-0.3, -0.25) is 0 Å². The molecule has 0 aliphatic rings. The number of benzene rings is 2. The van der Waals surface area contributed by atoms with Gasteiger partial charge in [-0.25, -0.2) is 9.59 Å². The van der Waals surface area contributed by atoms with E-state index >= 15 is 0 Å². The Hall–Kier alpha value is -2.05. The van der Waals surface area contributed by atoms with E-state index in [9.17, 15) is 9.59 Å². The maximum Gasteiger partial charge on any atom is 0.524 e. The van der Waals surface area contributed by atoms with Crippen molar-refractivity contribution in [3.8, 4) is 11.5 Å². The first kappa shape index (κ1) is 16.0. The van der Waals surface area contributed by atoms with Gasteiger partial charge in [0.25, 0.3) is 0 Å². The molecule has 5 nitrogen and oxygen atoms in total. The Kier molecular flexibility index (Phi) is 6.55. The molecule has 0 saturated carbocycles. The molecule has 0 fully saturated rings. The third kappa shape index (κ3) is 5.29. The average molecular weight is 287 g/mol. The molecule has 0 N–H and O–H groups in total. The van der Waals surface area contributed by atoms with E-state index in [1.807, 2.05) is 0 Å². The summed E-state index contributed by atoms with van der Waals surface area (Å²) in [7, 11) is 0. The highest BCUT2D eigenvalue weighted by molar-refractivity contribution is 5.79. The SMILES string of the molecule is O=C(OC(=O)Oc1ccccc1)Oc1ccccc1.[HH].[HH].[Mg]. The first-order valence-electron chi connectivity index (χ1n) is 5.45. The largest absolute Gasteiger partial charge is 0.524 e. The number of rotatable bonds is 2. The summed E-state index contributed by atoms with van der Waals surface area (Å²) in [6, 6.07) is 16.5. The topological polar surface area (TPSA) is 61.8 Å². The van der Waals surface area contributed by atoms with Crippen LogP contribution in [0.25, 0.3) is 0 Å². The zero-order valence-corrected chi connectivity index (χ0v) is 11.9. The lowest BCUT2D eigenvalue weighted by molar-refractivity contribution is 0.0896. The van der Waals surface area contributed by atoms with Gasteiger partial charge in [-0.1, -0.05) is 36.4 Å². The molecule has 0 aromatic heterocycles. The number of carbonyl (C=O) groups is 2. The molecule has 0 spiro atoms. The van der Waals surface area contributed by atoms with Gasteiger partial charge in [0.15, 0.2) is 0 Å². The fourth-order valence-corrected chi connectivity index (χ4v) is 1.28. The zero-order chi connectivity index (χ0) is 13.5. The molecular formula is C14H14MgO5. The van der Waals surface area contributed by atoms with Crippen LogP contribution in [0.5, 0.6) is 11.5 Å². The molecule has 0 heterocycles. The monoisotopic (exact) mass is 286 g/mol. The summed E-state index contributed by atoms with van der Waals surface area (Å²) in [5.41, 5.74) is 0. The van der Waals surface area contributed by atoms with E-state index in [1.54, 1.807) is 60.7 Å². The Balaban J connectivity index is 0. The van der Waals surface area contributed by atoms with Crippen LogP contribution in [0.3, 0.4) is 0 Å². The Bertz CT molecular complexity index is 514. The van der Waals surface area contributed by atoms with Crippen molar-refractivity contribution in [3.05, 3.63) is 60.7 Å². The lowest BCUT2D eigenvalue weighted by Crippen LogP contribution is -2.19. The van der Waals surface area contributed by atoms with Crippen LogP contribution in [0.15, 0.2) is 60.7 Å². The number of para-hydroxylation sites is 2. The van der Waals surface area contributed by atoms with Gasteiger partial charge in [-0.05, 0) is 24.3 Å². The van der Waals surface area contributed by atoms with Crippen LogP contribution in [0, 0.1) is 0 Å². The highest BCUT2D eigenvalue weighted by Gasteiger charge is 2.14. The van der Waals surface area contributed by atoms with Crippen molar-refractivity contribution in [2.24, 2.45) is 0 Å². The summed E-state index contributed by atoms with van der Waals surface area (Å²) < 4.78 is 13.9. The van der Waals surface area contributed by atoms with Crippen molar-refractivity contribution < 1.29 is 26.7 Å². The van der Waals surface area contributed by atoms with Crippen LogP contribution < -0.4 is 9.47 Å². The average Bonchev–Trinajstić information content (AvgIpc) is 2.40. The van der Waals surface area contributed by atoms with Crippen LogP contribution in [-0.2, 0) is 4.74 Å². The van der Waals surface area contributed by atoms with Crippen molar-refractivity contribution in [2.75, 3.05) is 0 Å². The number of carbonyl (C=O) groups excluding carboxylic acids is 2. The van der Waals surface area contributed by atoms with Gasteiger partial charge < -0.3 is 14.2 Å². The fourth-order valence-electron chi connectivity index (χ4n) is 1.28. The normalized spacial score (nSPS) is 9.00. The Morgan fingerprint density at radius 2 is 1.05 bits per heavy atom.